The first kappa shape index (κ1) is 18.7. The summed E-state index contributed by atoms with van der Waals surface area (Å²) in [4.78, 5) is 11.6. The topological polar surface area (TPSA) is 26.3 Å². The summed E-state index contributed by atoms with van der Waals surface area (Å²) in [6.45, 7) is 13.1. The minimum absolute atomic E-state index is 0. The molecule has 0 heterocycles. The summed E-state index contributed by atoms with van der Waals surface area (Å²) < 4.78 is 5.73. The zero-order chi connectivity index (χ0) is 13.8. The molecule has 0 aromatic heterocycles. The number of hydrogen-bond donors (Lipinski definition) is 0. The van der Waals surface area contributed by atoms with E-state index in [-0.39, 0.29) is 43.0 Å². The van der Waals surface area contributed by atoms with Crippen LogP contribution in [0.15, 0.2) is 24.3 Å². The fourth-order valence-corrected chi connectivity index (χ4v) is 1.61. The molecule has 0 radical (unpaired) electrons. The summed E-state index contributed by atoms with van der Waals surface area (Å²) >= 11 is 0. The van der Waals surface area contributed by atoms with Gasteiger partial charge in [-0.25, -0.2) is 0 Å². The summed E-state index contributed by atoms with van der Waals surface area (Å²) in [6, 6.07) is 7.69. The van der Waals surface area contributed by atoms with Crippen molar-refractivity contribution in [1.29, 1.82) is 0 Å². The monoisotopic (exact) mass is 484 g/mol. The molecule has 1 aromatic carbocycles. The summed E-state index contributed by atoms with van der Waals surface area (Å²) in [7, 11) is 0. The van der Waals surface area contributed by atoms with Crippen LogP contribution in [0.1, 0.15) is 39.2 Å². The molecule has 19 heavy (non-hydrogen) atoms. The molecule has 0 saturated carbocycles. The van der Waals surface area contributed by atoms with E-state index in [1.165, 1.54) is 0 Å². The molecular weight excluding hydrogens is 462 g/mol. The summed E-state index contributed by atoms with van der Waals surface area (Å²) in [5, 5.41) is 0. The van der Waals surface area contributed by atoms with Gasteiger partial charge in [-0.1, -0.05) is 12.1 Å². The predicted octanol–water partition coefficient (Wildman–Crippen LogP) is 3.75. The minimum Gasteiger partial charge on any atom is -0.496 e. The van der Waals surface area contributed by atoms with Gasteiger partial charge in [-0.05, 0) is 38.5 Å². The zero-order valence-electron chi connectivity index (χ0n) is 12.0. The van der Waals surface area contributed by atoms with Crippen molar-refractivity contribution in [3.63, 3.8) is 0 Å². The van der Waals surface area contributed by atoms with Gasteiger partial charge in [0, 0.05) is 11.5 Å². The number of benzene rings is 1. The van der Waals surface area contributed by atoms with Crippen LogP contribution in [-0.4, -0.2) is 11.9 Å². The molecule has 1 rings (SSSR count). The number of Topliss-reactive ketones (excluding diaryl/α,β-unsaturated/α-hetero) is 1. The molecule has 0 N–H and O–H groups in total. The molecule has 0 spiro atoms. The molecule has 3 heteroatoms. The predicted molar refractivity (Wildman–Crippen MR) is 74.5 cm³/mol. The Hall–Kier alpha value is -0.258. The van der Waals surface area contributed by atoms with Crippen molar-refractivity contribution in [2.75, 3.05) is 0 Å². The molecule has 0 unspecified atom stereocenters. The molecule has 2 nitrogen and oxygen atoms in total. The van der Waals surface area contributed by atoms with E-state index in [2.05, 4.69) is 13.8 Å². The van der Waals surface area contributed by atoms with Crippen molar-refractivity contribution in [1.82, 2.24) is 0 Å². The van der Waals surface area contributed by atoms with Crippen LogP contribution in [0, 0.1) is 45.0 Å². The summed E-state index contributed by atoms with van der Waals surface area (Å²) in [6.07, 6.45) is 1.45. The van der Waals surface area contributed by atoms with E-state index >= 15 is 0 Å². The molecule has 0 atom stereocenters. The Morgan fingerprint density at radius 1 is 1.21 bits per heavy atom. The zero-order valence-corrected chi connectivity index (χ0v) is 16.2. The number of carbonyl (C=O) groups excluding carboxylic acids is 1. The molecule has 0 saturated heterocycles. The van der Waals surface area contributed by atoms with Gasteiger partial charge in [0.25, 0.3) is 0 Å². The molecular formula is C16H22O2U. The average molecular weight is 484 g/mol. The Morgan fingerprint density at radius 2 is 1.68 bits per heavy atom. The third kappa shape index (κ3) is 4.97. The van der Waals surface area contributed by atoms with Crippen molar-refractivity contribution in [3.8, 4) is 5.75 Å². The fourth-order valence-electron chi connectivity index (χ4n) is 1.61. The second-order valence-corrected chi connectivity index (χ2v) is 5.02. The van der Waals surface area contributed by atoms with E-state index < -0.39 is 5.41 Å². The van der Waals surface area contributed by atoms with E-state index in [1.54, 1.807) is 6.92 Å². The van der Waals surface area contributed by atoms with Crippen LogP contribution in [-0.2, 0) is 10.2 Å². The van der Waals surface area contributed by atoms with Crippen LogP contribution in [0.2, 0.25) is 0 Å². The van der Waals surface area contributed by atoms with Crippen molar-refractivity contribution < 1.29 is 40.6 Å². The van der Waals surface area contributed by atoms with Gasteiger partial charge in [0.05, 0.1) is 0 Å². The summed E-state index contributed by atoms with van der Waals surface area (Å²) in [5.74, 6) is 0.958. The van der Waals surface area contributed by atoms with Crippen molar-refractivity contribution in [2.24, 2.45) is 0 Å². The van der Waals surface area contributed by atoms with Gasteiger partial charge in [-0.3, -0.25) is 4.79 Å². The number of rotatable bonds is 6. The third-order valence-electron chi connectivity index (χ3n) is 3.40. The number of ketones is 1. The molecule has 0 amide bonds. The van der Waals surface area contributed by atoms with Crippen molar-refractivity contribution in [3.05, 3.63) is 43.7 Å². The SMILES string of the molecule is [CH2-]CC(C[CH2-])Oc1ccc(C(C)(C)C(C)=O)cc1.[U+2]. The molecule has 102 valence electrons. The average Bonchev–Trinajstić information content (AvgIpc) is 2.36. The maximum atomic E-state index is 11.6. The number of ether oxygens (including phenoxy) is 1. The Kier molecular flexibility index (Phi) is 8.01. The molecule has 0 aliphatic carbocycles. The van der Waals surface area contributed by atoms with Crippen LogP contribution < -0.4 is 4.74 Å². The van der Waals surface area contributed by atoms with Crippen molar-refractivity contribution in [2.45, 2.75) is 45.1 Å². The van der Waals surface area contributed by atoms with Crippen molar-refractivity contribution >= 4 is 5.78 Å². The van der Waals surface area contributed by atoms with Gasteiger partial charge in [0.15, 0.2) is 0 Å². The van der Waals surface area contributed by atoms with E-state index in [1.807, 2.05) is 38.1 Å². The van der Waals surface area contributed by atoms with Gasteiger partial charge in [0.2, 0.25) is 0 Å². The Balaban J connectivity index is 0.00000324. The van der Waals surface area contributed by atoms with E-state index in [0.717, 1.165) is 11.3 Å². The summed E-state index contributed by atoms with van der Waals surface area (Å²) in [5.41, 5.74) is 0.555. The normalized spacial score (nSPS) is 11.1. The fraction of sp³-hybridized carbons (Fsp3) is 0.438. The molecule has 0 bridgehead atoms. The van der Waals surface area contributed by atoms with Crippen LogP contribution in [0.4, 0.5) is 0 Å². The quantitative estimate of drug-likeness (QED) is 0.576. The first-order chi connectivity index (χ1) is 8.41. The van der Waals surface area contributed by atoms with Gasteiger partial charge in [-0.15, -0.1) is 12.8 Å². The van der Waals surface area contributed by atoms with Crippen LogP contribution >= 0.6 is 0 Å². The van der Waals surface area contributed by atoms with E-state index in [4.69, 9.17) is 4.74 Å². The first-order valence-electron chi connectivity index (χ1n) is 6.28. The van der Waals surface area contributed by atoms with Gasteiger partial charge in [0.1, 0.15) is 11.5 Å². The Labute approximate surface area is 140 Å². The second kappa shape index (κ2) is 8.12. The molecule has 1 aromatic rings. The number of carbonyl (C=O) groups is 1. The maximum absolute atomic E-state index is 11.6. The first-order valence-corrected chi connectivity index (χ1v) is 6.28. The van der Waals surface area contributed by atoms with Crippen LogP contribution in [0.3, 0.4) is 0 Å². The van der Waals surface area contributed by atoms with E-state index in [0.29, 0.717) is 12.8 Å². The van der Waals surface area contributed by atoms with Crippen LogP contribution in [0.5, 0.6) is 5.75 Å². The maximum Gasteiger partial charge on any atom is 2.00 e. The number of hydrogen-bond acceptors (Lipinski definition) is 2. The molecule has 0 aliphatic heterocycles. The standard InChI is InChI=1S/C16H22O2.U/c1-6-14(7-2)18-15-10-8-13(9-11-15)16(4,5)12(3)17;/h8-11,14H,1-2,6-7H2,3-5H3;/q-2;+2. The second-order valence-electron chi connectivity index (χ2n) is 5.02. The molecule has 0 aliphatic rings. The Morgan fingerprint density at radius 3 is 2.05 bits per heavy atom. The smallest absolute Gasteiger partial charge is 0.496 e. The van der Waals surface area contributed by atoms with Crippen LogP contribution in [0.25, 0.3) is 0 Å². The van der Waals surface area contributed by atoms with Gasteiger partial charge >= 0.3 is 31.1 Å². The third-order valence-corrected chi connectivity index (χ3v) is 3.40. The largest absolute Gasteiger partial charge is 2.00 e. The minimum atomic E-state index is -0.448. The van der Waals surface area contributed by atoms with Gasteiger partial charge in [-0.2, -0.15) is 0 Å². The van der Waals surface area contributed by atoms with E-state index in [9.17, 15) is 4.79 Å². The molecule has 0 fully saturated rings. The van der Waals surface area contributed by atoms with Gasteiger partial charge < -0.3 is 18.6 Å². The Bertz CT molecular complexity index is 392.